The predicted molar refractivity (Wildman–Crippen MR) is 126 cm³/mol. The highest BCUT2D eigenvalue weighted by molar-refractivity contribution is 5.99. The van der Waals surface area contributed by atoms with E-state index < -0.39 is 41.2 Å². The molecule has 4 aromatic rings. The fourth-order valence-corrected chi connectivity index (χ4v) is 3.53. The molecule has 0 N–H and O–H groups in total. The lowest BCUT2D eigenvalue weighted by Crippen LogP contribution is -2.25. The molecule has 0 radical (unpaired) electrons. The van der Waals surface area contributed by atoms with Crippen molar-refractivity contribution in [3.8, 4) is 16.8 Å². The van der Waals surface area contributed by atoms with E-state index in [1.807, 2.05) is 30.3 Å². The van der Waals surface area contributed by atoms with Crippen LogP contribution in [0.25, 0.3) is 16.8 Å². The third-order valence-electron chi connectivity index (χ3n) is 5.37. The standard InChI is InChI=1S/C27H19F3N2O4/c1-17-14-23(33)25(31-32(17)22-9-5-8-21(15-22)27(28,29)30)26(35)36-16-24(34)20-12-10-19(11-13-20)18-6-3-2-4-7-18/h2-15H,16H2,1H3. The first-order valence-corrected chi connectivity index (χ1v) is 10.8. The molecule has 0 unspecified atom stereocenters. The Hall–Kier alpha value is -4.53. The van der Waals surface area contributed by atoms with Crippen LogP contribution in [0.1, 0.15) is 32.1 Å². The van der Waals surface area contributed by atoms with Gasteiger partial charge in [-0.2, -0.15) is 18.3 Å². The molecule has 1 heterocycles. The third kappa shape index (κ3) is 5.41. The van der Waals surface area contributed by atoms with Crippen LogP contribution in [0, 0.1) is 6.92 Å². The van der Waals surface area contributed by atoms with Crippen LogP contribution in [0.4, 0.5) is 13.2 Å². The Balaban J connectivity index is 1.50. The highest BCUT2D eigenvalue weighted by Crippen LogP contribution is 2.30. The highest BCUT2D eigenvalue weighted by atomic mass is 19.4. The summed E-state index contributed by atoms with van der Waals surface area (Å²) in [6.45, 7) is 0.828. The first-order chi connectivity index (χ1) is 17.1. The number of aromatic nitrogens is 2. The van der Waals surface area contributed by atoms with Gasteiger partial charge < -0.3 is 4.74 Å². The quantitative estimate of drug-likeness (QED) is 0.271. The zero-order chi connectivity index (χ0) is 25.9. The van der Waals surface area contributed by atoms with Gasteiger partial charge in [0.05, 0.1) is 11.3 Å². The van der Waals surface area contributed by atoms with Gasteiger partial charge in [-0.1, -0.05) is 60.7 Å². The first-order valence-electron chi connectivity index (χ1n) is 10.8. The average Bonchev–Trinajstić information content (AvgIpc) is 2.87. The molecule has 3 aromatic carbocycles. The molecule has 0 aliphatic carbocycles. The molecule has 0 saturated heterocycles. The SMILES string of the molecule is Cc1cc(=O)c(C(=O)OCC(=O)c2ccc(-c3ccccc3)cc2)nn1-c1cccc(C(F)(F)F)c1. The van der Waals surface area contributed by atoms with Gasteiger partial charge in [-0.15, -0.1) is 0 Å². The van der Waals surface area contributed by atoms with E-state index in [4.69, 9.17) is 4.74 Å². The molecule has 0 spiro atoms. The molecule has 182 valence electrons. The number of Topliss-reactive ketones (excluding diaryl/α,β-unsaturated/α-hetero) is 1. The summed E-state index contributed by atoms with van der Waals surface area (Å²) in [5, 5.41) is 3.91. The second-order valence-electron chi connectivity index (χ2n) is 7.90. The molecule has 0 atom stereocenters. The van der Waals surface area contributed by atoms with Gasteiger partial charge in [-0.05, 0) is 36.2 Å². The van der Waals surface area contributed by atoms with Gasteiger partial charge in [0.2, 0.25) is 11.1 Å². The van der Waals surface area contributed by atoms with Gasteiger partial charge in [0, 0.05) is 17.3 Å². The van der Waals surface area contributed by atoms with Gasteiger partial charge in [0.1, 0.15) is 0 Å². The minimum atomic E-state index is -4.58. The van der Waals surface area contributed by atoms with E-state index in [-0.39, 0.29) is 11.4 Å². The van der Waals surface area contributed by atoms with Crippen molar-refractivity contribution < 1.29 is 27.5 Å². The predicted octanol–water partition coefficient (Wildman–Crippen LogP) is 5.27. The van der Waals surface area contributed by atoms with Crippen molar-refractivity contribution in [1.29, 1.82) is 0 Å². The Bertz CT molecular complexity index is 1480. The molecular weight excluding hydrogens is 473 g/mol. The second kappa shape index (κ2) is 9.99. The van der Waals surface area contributed by atoms with Crippen molar-refractivity contribution >= 4 is 11.8 Å². The van der Waals surface area contributed by atoms with Gasteiger partial charge in [0.15, 0.2) is 12.4 Å². The van der Waals surface area contributed by atoms with Crippen LogP contribution in [0.5, 0.6) is 0 Å². The maximum Gasteiger partial charge on any atom is 0.416 e. The number of esters is 1. The Morgan fingerprint density at radius 3 is 2.22 bits per heavy atom. The van der Waals surface area contributed by atoms with Crippen LogP contribution in [-0.2, 0) is 10.9 Å². The van der Waals surface area contributed by atoms with Crippen molar-refractivity contribution in [3.05, 3.63) is 118 Å². The number of hydrogen-bond donors (Lipinski definition) is 0. The van der Waals surface area contributed by atoms with Gasteiger partial charge >= 0.3 is 12.1 Å². The second-order valence-corrected chi connectivity index (χ2v) is 7.90. The molecule has 1 aromatic heterocycles. The minimum Gasteiger partial charge on any atom is -0.452 e. The zero-order valence-electron chi connectivity index (χ0n) is 19.0. The van der Waals surface area contributed by atoms with Crippen molar-refractivity contribution in [3.63, 3.8) is 0 Å². The molecule has 9 heteroatoms. The van der Waals surface area contributed by atoms with E-state index in [0.29, 0.717) is 5.56 Å². The van der Waals surface area contributed by atoms with E-state index in [1.54, 1.807) is 24.3 Å². The van der Waals surface area contributed by atoms with Crippen LogP contribution in [-0.4, -0.2) is 28.1 Å². The lowest BCUT2D eigenvalue weighted by atomic mass is 10.0. The summed E-state index contributed by atoms with van der Waals surface area (Å²) in [7, 11) is 0. The Morgan fingerprint density at radius 2 is 1.56 bits per heavy atom. The number of carbonyl (C=O) groups is 2. The Labute approximate surface area is 203 Å². The molecule has 0 aliphatic heterocycles. The number of benzene rings is 3. The number of ketones is 1. The van der Waals surface area contributed by atoms with E-state index in [2.05, 4.69) is 5.10 Å². The number of carbonyl (C=O) groups excluding carboxylic acids is 2. The molecule has 0 aliphatic rings. The Morgan fingerprint density at radius 1 is 0.889 bits per heavy atom. The molecule has 0 amide bonds. The topological polar surface area (TPSA) is 78.3 Å². The summed E-state index contributed by atoms with van der Waals surface area (Å²) in [5.41, 5.74) is 0.0734. The molecule has 6 nitrogen and oxygen atoms in total. The van der Waals surface area contributed by atoms with E-state index in [1.165, 1.54) is 19.1 Å². The largest absolute Gasteiger partial charge is 0.452 e. The lowest BCUT2D eigenvalue weighted by Gasteiger charge is -2.13. The van der Waals surface area contributed by atoms with Crippen LogP contribution >= 0.6 is 0 Å². The van der Waals surface area contributed by atoms with E-state index >= 15 is 0 Å². The molecule has 0 fully saturated rings. The van der Waals surface area contributed by atoms with Gasteiger partial charge in [-0.3, -0.25) is 9.59 Å². The van der Waals surface area contributed by atoms with Crippen LogP contribution < -0.4 is 5.43 Å². The normalized spacial score (nSPS) is 11.2. The number of alkyl halides is 3. The summed E-state index contributed by atoms with van der Waals surface area (Å²) in [4.78, 5) is 37.4. The van der Waals surface area contributed by atoms with Crippen LogP contribution in [0.2, 0.25) is 0 Å². The average molecular weight is 492 g/mol. The Kier molecular flexibility index (Phi) is 6.82. The summed E-state index contributed by atoms with van der Waals surface area (Å²) < 4.78 is 45.3. The number of nitrogens with zero attached hydrogens (tertiary/aromatic N) is 2. The fraction of sp³-hybridized carbons (Fsp3) is 0.111. The molecule has 4 rings (SSSR count). The zero-order valence-corrected chi connectivity index (χ0v) is 19.0. The van der Waals surface area contributed by atoms with Crippen LogP contribution in [0.3, 0.4) is 0 Å². The lowest BCUT2D eigenvalue weighted by molar-refractivity contribution is -0.137. The maximum atomic E-state index is 13.1. The third-order valence-corrected chi connectivity index (χ3v) is 5.37. The molecule has 0 bridgehead atoms. The summed E-state index contributed by atoms with van der Waals surface area (Å²) in [5.74, 6) is -1.65. The van der Waals surface area contributed by atoms with Gasteiger partial charge in [0.25, 0.3) is 0 Å². The maximum absolute atomic E-state index is 13.1. The molecule has 36 heavy (non-hydrogen) atoms. The number of aryl methyl sites for hydroxylation is 1. The summed E-state index contributed by atoms with van der Waals surface area (Å²) in [6.07, 6.45) is -4.58. The van der Waals surface area contributed by atoms with Crippen molar-refractivity contribution in [2.75, 3.05) is 6.61 Å². The molecule has 0 saturated carbocycles. The minimum absolute atomic E-state index is 0.00552. The van der Waals surface area contributed by atoms with Crippen LogP contribution in [0.15, 0.2) is 89.7 Å². The highest BCUT2D eigenvalue weighted by Gasteiger charge is 2.30. The van der Waals surface area contributed by atoms with Crippen molar-refractivity contribution in [2.45, 2.75) is 13.1 Å². The number of halogens is 3. The first kappa shape index (κ1) is 24.6. The number of rotatable bonds is 6. The number of hydrogen-bond acceptors (Lipinski definition) is 5. The number of ether oxygens (including phenoxy) is 1. The fourth-order valence-electron chi connectivity index (χ4n) is 3.53. The summed E-state index contributed by atoms with van der Waals surface area (Å²) >= 11 is 0. The monoisotopic (exact) mass is 492 g/mol. The van der Waals surface area contributed by atoms with E-state index in [0.717, 1.165) is 34.0 Å². The van der Waals surface area contributed by atoms with Crippen molar-refractivity contribution in [1.82, 2.24) is 9.78 Å². The van der Waals surface area contributed by atoms with Crippen molar-refractivity contribution in [2.24, 2.45) is 0 Å². The smallest absolute Gasteiger partial charge is 0.416 e. The van der Waals surface area contributed by atoms with E-state index in [9.17, 15) is 27.6 Å². The molecular formula is C27H19F3N2O4. The summed E-state index contributed by atoms with van der Waals surface area (Å²) in [6, 6.07) is 21.6. The van der Waals surface area contributed by atoms with Gasteiger partial charge in [-0.25, -0.2) is 9.48 Å².